The Morgan fingerprint density at radius 1 is 1.04 bits per heavy atom. The van der Waals surface area contributed by atoms with Gasteiger partial charge in [-0.2, -0.15) is 10.1 Å². The first-order chi connectivity index (χ1) is 11.1. The van der Waals surface area contributed by atoms with Gasteiger partial charge in [0.2, 0.25) is 0 Å². The van der Waals surface area contributed by atoms with E-state index in [1.165, 1.54) is 18.3 Å². The van der Waals surface area contributed by atoms with Crippen molar-refractivity contribution in [2.75, 3.05) is 0 Å². The first-order valence-corrected chi connectivity index (χ1v) is 7.97. The molecule has 1 saturated heterocycles. The Morgan fingerprint density at radius 2 is 1.61 bits per heavy atom. The lowest BCUT2D eigenvalue weighted by molar-refractivity contribution is -0.141. The zero-order valence-corrected chi connectivity index (χ0v) is 12.4. The van der Waals surface area contributed by atoms with E-state index in [4.69, 9.17) is 0 Å². The van der Waals surface area contributed by atoms with Crippen LogP contribution in [-0.2, 0) is 9.59 Å². The first kappa shape index (κ1) is 13.2. The number of fused-ring (bicyclic) bond motifs is 3. The molecular formula is C18H15FN2O2. The molecule has 4 nitrogen and oxygen atoms in total. The molecule has 3 fully saturated rings. The minimum Gasteiger partial charge on any atom is -0.272 e. The zero-order chi connectivity index (χ0) is 15.8. The number of hydrogen-bond acceptors (Lipinski definition) is 3. The Balaban J connectivity index is 1.43. The number of halogens is 1. The standard InChI is InChI=1S/C18H15FN2O2/c19-11-3-1-10(2-4-11)9-20-21-16(22)14-12-5-6-13(15(14)17(21)23)18(12)7-8-18/h1-6,9,12-15H,7-8H2/b20-9-/t12-,13+,14-,15+. The fraction of sp³-hybridized carbons (Fsp3) is 0.389. The third kappa shape index (κ3) is 1.57. The minimum atomic E-state index is -0.331. The Kier molecular flexibility index (Phi) is 2.38. The van der Waals surface area contributed by atoms with Crippen molar-refractivity contribution < 1.29 is 14.0 Å². The predicted octanol–water partition coefficient (Wildman–Crippen LogP) is 2.36. The summed E-state index contributed by atoms with van der Waals surface area (Å²) in [5.41, 5.74) is 0.858. The summed E-state index contributed by atoms with van der Waals surface area (Å²) in [5, 5.41) is 5.12. The molecule has 0 unspecified atom stereocenters. The van der Waals surface area contributed by atoms with Gasteiger partial charge in [0.05, 0.1) is 18.1 Å². The fourth-order valence-electron chi connectivity index (χ4n) is 4.85. The first-order valence-electron chi connectivity index (χ1n) is 7.97. The van der Waals surface area contributed by atoms with Gasteiger partial charge in [-0.25, -0.2) is 4.39 Å². The van der Waals surface area contributed by atoms with Crippen molar-refractivity contribution in [3.63, 3.8) is 0 Å². The maximum Gasteiger partial charge on any atom is 0.254 e. The molecule has 23 heavy (non-hydrogen) atoms. The van der Waals surface area contributed by atoms with E-state index >= 15 is 0 Å². The van der Waals surface area contributed by atoms with Crippen molar-refractivity contribution in [3.8, 4) is 0 Å². The van der Waals surface area contributed by atoms with Crippen LogP contribution in [0, 0.1) is 34.9 Å². The summed E-state index contributed by atoms with van der Waals surface area (Å²) in [4.78, 5) is 25.4. The fourth-order valence-corrected chi connectivity index (χ4v) is 4.85. The number of allylic oxidation sites excluding steroid dienone is 2. The van der Waals surface area contributed by atoms with Crippen molar-refractivity contribution >= 4 is 18.0 Å². The zero-order valence-electron chi connectivity index (χ0n) is 12.4. The monoisotopic (exact) mass is 310 g/mol. The second kappa shape index (κ2) is 4.16. The highest BCUT2D eigenvalue weighted by atomic mass is 19.1. The average Bonchev–Trinajstić information content (AvgIpc) is 3.15. The molecule has 2 bridgehead atoms. The van der Waals surface area contributed by atoms with Crippen molar-refractivity contribution in [1.29, 1.82) is 0 Å². The molecule has 1 spiro atoms. The molecule has 1 aromatic carbocycles. The highest BCUT2D eigenvalue weighted by Gasteiger charge is 2.73. The molecule has 5 rings (SSSR count). The number of imide groups is 1. The Bertz CT molecular complexity index is 745. The van der Waals surface area contributed by atoms with Crippen LogP contribution in [0.2, 0.25) is 0 Å². The van der Waals surface area contributed by atoms with Crippen LogP contribution in [0.5, 0.6) is 0 Å². The van der Waals surface area contributed by atoms with Crippen molar-refractivity contribution in [2.24, 2.45) is 34.2 Å². The van der Waals surface area contributed by atoms with E-state index in [-0.39, 0.29) is 46.7 Å². The Morgan fingerprint density at radius 3 is 2.13 bits per heavy atom. The lowest BCUT2D eigenvalue weighted by atomic mass is 9.85. The van der Waals surface area contributed by atoms with Crippen molar-refractivity contribution in [1.82, 2.24) is 5.01 Å². The smallest absolute Gasteiger partial charge is 0.254 e. The highest BCUT2D eigenvalue weighted by molar-refractivity contribution is 6.07. The van der Waals surface area contributed by atoms with Gasteiger partial charge in [0.1, 0.15) is 5.82 Å². The van der Waals surface area contributed by atoms with Crippen LogP contribution in [0.1, 0.15) is 18.4 Å². The molecule has 5 heteroatoms. The summed E-state index contributed by atoms with van der Waals surface area (Å²) in [7, 11) is 0. The normalized spacial score (nSPS) is 35.8. The van der Waals surface area contributed by atoms with Gasteiger partial charge in [-0.1, -0.05) is 24.3 Å². The summed E-state index contributed by atoms with van der Waals surface area (Å²) < 4.78 is 12.9. The molecule has 1 heterocycles. The molecule has 2 saturated carbocycles. The second-order valence-corrected chi connectivity index (χ2v) is 7.01. The van der Waals surface area contributed by atoms with Gasteiger partial charge in [-0.05, 0) is 47.8 Å². The van der Waals surface area contributed by atoms with E-state index in [1.807, 2.05) is 0 Å². The number of carbonyl (C=O) groups excluding carboxylic acids is 2. The van der Waals surface area contributed by atoms with Gasteiger partial charge in [0, 0.05) is 0 Å². The van der Waals surface area contributed by atoms with Gasteiger partial charge in [-0.15, -0.1) is 0 Å². The maximum absolute atomic E-state index is 12.9. The van der Waals surface area contributed by atoms with Crippen LogP contribution in [0.15, 0.2) is 41.5 Å². The summed E-state index contributed by atoms with van der Waals surface area (Å²) in [6.07, 6.45) is 7.97. The Hall–Kier alpha value is -2.30. The predicted molar refractivity (Wildman–Crippen MR) is 80.6 cm³/mol. The topological polar surface area (TPSA) is 49.7 Å². The van der Waals surface area contributed by atoms with E-state index in [0.717, 1.165) is 17.9 Å². The van der Waals surface area contributed by atoms with Crippen molar-refractivity contribution in [2.45, 2.75) is 12.8 Å². The number of amides is 2. The molecule has 116 valence electrons. The number of nitrogens with zero attached hydrogens (tertiary/aromatic N) is 2. The second-order valence-electron chi connectivity index (χ2n) is 7.01. The molecule has 0 N–H and O–H groups in total. The van der Waals surface area contributed by atoms with E-state index in [9.17, 15) is 14.0 Å². The van der Waals surface area contributed by atoms with E-state index in [0.29, 0.717) is 5.56 Å². The van der Waals surface area contributed by atoms with Crippen LogP contribution in [0.25, 0.3) is 0 Å². The molecule has 0 radical (unpaired) electrons. The molecule has 4 aliphatic rings. The molecular weight excluding hydrogens is 295 g/mol. The molecule has 4 atom stereocenters. The van der Waals surface area contributed by atoms with Gasteiger partial charge in [0.25, 0.3) is 11.8 Å². The van der Waals surface area contributed by atoms with E-state index < -0.39 is 0 Å². The van der Waals surface area contributed by atoms with Gasteiger partial charge in [-0.3, -0.25) is 9.59 Å². The average molecular weight is 310 g/mol. The van der Waals surface area contributed by atoms with Crippen LogP contribution < -0.4 is 0 Å². The number of hydrogen-bond donors (Lipinski definition) is 0. The van der Waals surface area contributed by atoms with Crippen LogP contribution >= 0.6 is 0 Å². The Labute approximate surface area is 132 Å². The summed E-state index contributed by atoms with van der Waals surface area (Å²) >= 11 is 0. The number of carbonyl (C=O) groups is 2. The minimum absolute atomic E-state index is 0.179. The summed E-state index contributed by atoms with van der Waals surface area (Å²) in [6, 6.07) is 5.78. The lowest BCUT2D eigenvalue weighted by Gasteiger charge is -2.18. The maximum atomic E-state index is 12.9. The number of hydrazone groups is 1. The number of benzene rings is 1. The van der Waals surface area contributed by atoms with Crippen molar-refractivity contribution in [3.05, 3.63) is 47.8 Å². The van der Waals surface area contributed by atoms with E-state index in [2.05, 4.69) is 17.3 Å². The molecule has 3 aliphatic carbocycles. The summed E-state index contributed by atoms with van der Waals surface area (Å²) in [6.45, 7) is 0. The van der Waals surface area contributed by atoms with Gasteiger partial charge in [0.15, 0.2) is 0 Å². The highest BCUT2D eigenvalue weighted by Crippen LogP contribution is 2.73. The third-order valence-electron chi connectivity index (χ3n) is 6.02. The molecule has 1 aromatic rings. The number of rotatable bonds is 2. The van der Waals surface area contributed by atoms with E-state index in [1.54, 1.807) is 12.1 Å². The quantitative estimate of drug-likeness (QED) is 0.478. The van der Waals surface area contributed by atoms with Crippen LogP contribution in [0.3, 0.4) is 0 Å². The summed E-state index contributed by atoms with van der Waals surface area (Å²) in [5.74, 6) is -0.735. The largest absolute Gasteiger partial charge is 0.272 e. The van der Waals surface area contributed by atoms with Gasteiger partial charge < -0.3 is 0 Å². The van der Waals surface area contributed by atoms with Crippen LogP contribution in [0.4, 0.5) is 4.39 Å². The lowest BCUT2D eigenvalue weighted by Crippen LogP contribution is -2.30. The van der Waals surface area contributed by atoms with Crippen LogP contribution in [-0.4, -0.2) is 23.0 Å². The molecule has 0 aromatic heterocycles. The SMILES string of the molecule is O=C1[C@@H]2[C@H](C(=O)N1/N=C\c1ccc(F)cc1)[C@H]1C=C[C@@H]2C12CC2. The third-order valence-corrected chi connectivity index (χ3v) is 6.02. The molecule has 2 amide bonds. The molecule has 1 aliphatic heterocycles. The van der Waals surface area contributed by atoms with Gasteiger partial charge >= 0.3 is 0 Å².